The maximum Gasteiger partial charge on any atom is 0.237 e. The minimum absolute atomic E-state index is 0.0107. The predicted molar refractivity (Wildman–Crippen MR) is 77.7 cm³/mol. The topological polar surface area (TPSA) is 55.1 Å². The molecule has 0 aromatic heterocycles. The van der Waals surface area contributed by atoms with Gasteiger partial charge in [-0.05, 0) is 43.6 Å². The monoisotopic (exact) mass is 260 g/mol. The first-order valence-electron chi connectivity index (χ1n) is 7.25. The molecule has 0 aliphatic heterocycles. The number of rotatable bonds is 4. The molecule has 0 radical (unpaired) electrons. The smallest absolute Gasteiger partial charge is 0.237 e. The summed E-state index contributed by atoms with van der Waals surface area (Å²) in [6.07, 6.45) is 5.20. The van der Waals surface area contributed by atoms with E-state index in [1.165, 1.54) is 12.8 Å². The van der Waals surface area contributed by atoms with Crippen molar-refractivity contribution in [2.75, 3.05) is 0 Å². The predicted octanol–water partition coefficient (Wildman–Crippen LogP) is 2.25. The first-order valence-corrected chi connectivity index (χ1v) is 7.25. The third-order valence-electron chi connectivity index (χ3n) is 4.00. The number of amides is 1. The van der Waals surface area contributed by atoms with Gasteiger partial charge in [0.2, 0.25) is 5.91 Å². The third kappa shape index (κ3) is 4.35. The molecule has 3 N–H and O–H groups in total. The summed E-state index contributed by atoms with van der Waals surface area (Å²) < 4.78 is 0. The normalized spacial score (nSPS) is 24.7. The van der Waals surface area contributed by atoms with Crippen LogP contribution in [-0.2, 0) is 11.2 Å². The van der Waals surface area contributed by atoms with Crippen LogP contribution in [0.4, 0.5) is 0 Å². The molecule has 1 unspecified atom stereocenters. The van der Waals surface area contributed by atoms with E-state index in [0.29, 0.717) is 12.5 Å². The van der Waals surface area contributed by atoms with E-state index in [4.69, 9.17) is 5.73 Å². The number of nitrogens with two attached hydrogens (primary N) is 1. The van der Waals surface area contributed by atoms with Crippen molar-refractivity contribution in [3.05, 3.63) is 35.9 Å². The van der Waals surface area contributed by atoms with Gasteiger partial charge in [0.1, 0.15) is 0 Å². The molecule has 1 saturated carbocycles. The summed E-state index contributed by atoms with van der Waals surface area (Å²) in [6.45, 7) is 2.28. The fourth-order valence-corrected chi connectivity index (χ4v) is 2.67. The fraction of sp³-hybridized carbons (Fsp3) is 0.562. The van der Waals surface area contributed by atoms with Crippen LogP contribution in [0.3, 0.4) is 0 Å². The fourth-order valence-electron chi connectivity index (χ4n) is 2.67. The number of hydrogen-bond acceptors (Lipinski definition) is 2. The molecule has 0 saturated heterocycles. The number of hydrogen-bond donors (Lipinski definition) is 2. The Morgan fingerprint density at radius 1 is 1.26 bits per heavy atom. The molecule has 0 spiro atoms. The highest BCUT2D eigenvalue weighted by atomic mass is 16.2. The van der Waals surface area contributed by atoms with Crippen LogP contribution in [0.25, 0.3) is 0 Å². The molecular weight excluding hydrogens is 236 g/mol. The first-order chi connectivity index (χ1) is 9.15. The number of carbonyl (C=O) groups is 1. The lowest BCUT2D eigenvalue weighted by atomic mass is 9.87. The van der Waals surface area contributed by atoms with Crippen LogP contribution < -0.4 is 11.1 Å². The highest BCUT2D eigenvalue weighted by Crippen LogP contribution is 2.23. The number of carbonyl (C=O) groups excluding carboxylic acids is 1. The van der Waals surface area contributed by atoms with E-state index < -0.39 is 6.04 Å². The Kier molecular flexibility index (Phi) is 4.97. The number of nitrogens with one attached hydrogen (secondary N) is 1. The van der Waals surface area contributed by atoms with Crippen molar-refractivity contribution in [1.82, 2.24) is 5.32 Å². The lowest BCUT2D eigenvalue weighted by molar-refractivity contribution is -0.123. The molecule has 1 fully saturated rings. The van der Waals surface area contributed by atoms with E-state index in [9.17, 15) is 4.79 Å². The van der Waals surface area contributed by atoms with E-state index in [1.54, 1.807) is 0 Å². The van der Waals surface area contributed by atoms with Gasteiger partial charge in [-0.1, -0.05) is 37.3 Å². The average molecular weight is 260 g/mol. The Balaban J connectivity index is 1.79. The Morgan fingerprint density at radius 2 is 1.89 bits per heavy atom. The zero-order valence-corrected chi connectivity index (χ0v) is 11.6. The molecule has 0 heterocycles. The van der Waals surface area contributed by atoms with Crippen LogP contribution in [0, 0.1) is 5.92 Å². The number of benzene rings is 1. The second kappa shape index (κ2) is 6.71. The molecular formula is C16H24N2O. The van der Waals surface area contributed by atoms with Crippen LogP contribution in [-0.4, -0.2) is 18.0 Å². The van der Waals surface area contributed by atoms with Crippen molar-refractivity contribution >= 4 is 5.91 Å². The van der Waals surface area contributed by atoms with Crippen molar-refractivity contribution in [2.24, 2.45) is 11.7 Å². The van der Waals surface area contributed by atoms with Crippen molar-refractivity contribution in [1.29, 1.82) is 0 Å². The van der Waals surface area contributed by atoms with Gasteiger partial charge < -0.3 is 11.1 Å². The minimum Gasteiger partial charge on any atom is -0.352 e. The summed E-state index contributed by atoms with van der Waals surface area (Å²) >= 11 is 0. The summed E-state index contributed by atoms with van der Waals surface area (Å²) in [6, 6.07) is 9.82. The Labute approximate surface area is 115 Å². The van der Waals surface area contributed by atoms with Gasteiger partial charge in [-0.15, -0.1) is 0 Å². The van der Waals surface area contributed by atoms with Gasteiger partial charge in [0.05, 0.1) is 6.04 Å². The molecule has 2 rings (SSSR count). The zero-order valence-electron chi connectivity index (χ0n) is 11.6. The average Bonchev–Trinajstić information content (AvgIpc) is 2.42. The quantitative estimate of drug-likeness (QED) is 0.872. The van der Waals surface area contributed by atoms with Crippen LogP contribution in [0.15, 0.2) is 30.3 Å². The summed E-state index contributed by atoms with van der Waals surface area (Å²) in [5.74, 6) is 0.787. The van der Waals surface area contributed by atoms with Gasteiger partial charge in [-0.25, -0.2) is 0 Å². The van der Waals surface area contributed by atoms with Crippen molar-refractivity contribution in [3.8, 4) is 0 Å². The lowest BCUT2D eigenvalue weighted by Gasteiger charge is -2.27. The second-order valence-electron chi connectivity index (χ2n) is 5.76. The van der Waals surface area contributed by atoms with E-state index in [2.05, 4.69) is 12.2 Å². The summed E-state index contributed by atoms with van der Waals surface area (Å²) in [7, 11) is 0. The van der Waals surface area contributed by atoms with Gasteiger partial charge in [0, 0.05) is 6.04 Å². The van der Waals surface area contributed by atoms with Crippen LogP contribution in [0.5, 0.6) is 0 Å². The summed E-state index contributed by atoms with van der Waals surface area (Å²) in [5, 5.41) is 3.10. The SMILES string of the molecule is CC1CCC(NC(=O)C(N)Cc2ccccc2)CC1. The molecule has 1 aromatic carbocycles. The highest BCUT2D eigenvalue weighted by Gasteiger charge is 2.22. The van der Waals surface area contributed by atoms with Crippen LogP contribution in [0.1, 0.15) is 38.2 Å². The molecule has 19 heavy (non-hydrogen) atoms. The maximum atomic E-state index is 12.1. The van der Waals surface area contributed by atoms with Gasteiger partial charge in [-0.3, -0.25) is 4.79 Å². The molecule has 0 bridgehead atoms. The van der Waals surface area contributed by atoms with E-state index in [-0.39, 0.29) is 5.91 Å². The third-order valence-corrected chi connectivity index (χ3v) is 4.00. The molecule has 1 aromatic rings. The van der Waals surface area contributed by atoms with E-state index in [1.807, 2.05) is 30.3 Å². The molecule has 1 aliphatic rings. The molecule has 1 atom stereocenters. The van der Waals surface area contributed by atoms with Crippen molar-refractivity contribution in [2.45, 2.75) is 51.1 Å². The van der Waals surface area contributed by atoms with Gasteiger partial charge in [-0.2, -0.15) is 0 Å². The molecule has 1 amide bonds. The zero-order chi connectivity index (χ0) is 13.7. The molecule has 3 heteroatoms. The maximum absolute atomic E-state index is 12.1. The Hall–Kier alpha value is -1.35. The summed E-state index contributed by atoms with van der Waals surface area (Å²) in [5.41, 5.74) is 7.10. The molecule has 3 nitrogen and oxygen atoms in total. The highest BCUT2D eigenvalue weighted by molar-refractivity contribution is 5.82. The largest absolute Gasteiger partial charge is 0.352 e. The van der Waals surface area contributed by atoms with Crippen molar-refractivity contribution in [3.63, 3.8) is 0 Å². The lowest BCUT2D eigenvalue weighted by Crippen LogP contribution is -2.47. The standard InChI is InChI=1S/C16H24N2O/c1-12-7-9-14(10-8-12)18-16(19)15(17)11-13-5-3-2-4-6-13/h2-6,12,14-15H,7-11,17H2,1H3,(H,18,19). The van der Waals surface area contributed by atoms with Gasteiger partial charge in [0.25, 0.3) is 0 Å². The second-order valence-corrected chi connectivity index (χ2v) is 5.76. The van der Waals surface area contributed by atoms with Crippen LogP contribution >= 0.6 is 0 Å². The van der Waals surface area contributed by atoms with Crippen molar-refractivity contribution < 1.29 is 4.79 Å². The first kappa shape index (κ1) is 14.1. The van der Waals surface area contributed by atoms with Gasteiger partial charge >= 0.3 is 0 Å². The van der Waals surface area contributed by atoms with E-state index in [0.717, 1.165) is 24.3 Å². The van der Waals surface area contributed by atoms with E-state index >= 15 is 0 Å². The molecule has 104 valence electrons. The van der Waals surface area contributed by atoms with Gasteiger partial charge in [0.15, 0.2) is 0 Å². The minimum atomic E-state index is -0.443. The summed E-state index contributed by atoms with van der Waals surface area (Å²) in [4.78, 5) is 12.1. The molecule has 1 aliphatic carbocycles. The Morgan fingerprint density at radius 3 is 2.53 bits per heavy atom. The Bertz CT molecular complexity index is 396. The van der Waals surface area contributed by atoms with Crippen LogP contribution in [0.2, 0.25) is 0 Å².